The van der Waals surface area contributed by atoms with Crippen LogP contribution in [-0.4, -0.2) is 76.9 Å². The molecule has 0 aliphatic heterocycles. The number of carboxylic acid groups (broad SMARTS) is 1. The molecule has 40 heavy (non-hydrogen) atoms. The summed E-state index contributed by atoms with van der Waals surface area (Å²) in [4.78, 5) is 74.9. The van der Waals surface area contributed by atoms with Gasteiger partial charge < -0.3 is 37.4 Å². The number of carbonyl (C=O) groups excluding carboxylic acids is 5. The third-order valence-electron chi connectivity index (χ3n) is 5.92. The number of amides is 5. The molecule has 0 radical (unpaired) electrons. The predicted octanol–water partition coefficient (Wildman–Crippen LogP) is 0.0203. The Bertz CT molecular complexity index is 891. The summed E-state index contributed by atoms with van der Waals surface area (Å²) >= 11 is 0. The lowest BCUT2D eigenvalue weighted by Gasteiger charge is -2.26. The first-order valence-electron chi connectivity index (χ1n) is 13.9. The van der Waals surface area contributed by atoms with E-state index in [1.54, 1.807) is 0 Å². The zero-order valence-electron chi connectivity index (χ0n) is 25.3. The third kappa shape index (κ3) is 14.2. The van der Waals surface area contributed by atoms with Crippen molar-refractivity contribution in [3.63, 3.8) is 0 Å². The molecule has 0 spiro atoms. The van der Waals surface area contributed by atoms with Crippen LogP contribution in [-0.2, 0) is 28.8 Å². The highest BCUT2D eigenvalue weighted by Gasteiger charge is 2.30. The van der Waals surface area contributed by atoms with Crippen LogP contribution in [0, 0.1) is 17.8 Å². The molecule has 8 N–H and O–H groups in total. The molecule has 0 saturated heterocycles. The number of carboxylic acids is 1. The van der Waals surface area contributed by atoms with E-state index in [0.717, 1.165) is 0 Å². The number of rotatable bonds is 17. The first kappa shape index (κ1) is 36.8. The van der Waals surface area contributed by atoms with Crippen molar-refractivity contribution < 1.29 is 33.9 Å². The molecule has 13 heteroatoms. The van der Waals surface area contributed by atoms with Gasteiger partial charge in [-0.2, -0.15) is 0 Å². The second kappa shape index (κ2) is 17.5. The van der Waals surface area contributed by atoms with Crippen LogP contribution in [0.2, 0.25) is 0 Å². The first-order valence-corrected chi connectivity index (χ1v) is 13.9. The molecular formula is C27H50N6O7. The summed E-state index contributed by atoms with van der Waals surface area (Å²) in [5.41, 5.74) is 5.60. The van der Waals surface area contributed by atoms with Gasteiger partial charge in [-0.05, 0) is 57.8 Å². The molecule has 0 heterocycles. The molecule has 0 aromatic heterocycles. The maximum absolute atomic E-state index is 13.0. The van der Waals surface area contributed by atoms with E-state index in [1.807, 2.05) is 41.5 Å². The largest absolute Gasteiger partial charge is 0.480 e. The van der Waals surface area contributed by atoms with Gasteiger partial charge >= 0.3 is 5.97 Å². The maximum atomic E-state index is 13.0. The van der Waals surface area contributed by atoms with Crippen molar-refractivity contribution >= 4 is 35.5 Å². The number of hydrogen-bond acceptors (Lipinski definition) is 7. The summed E-state index contributed by atoms with van der Waals surface area (Å²) in [5.74, 6) is -4.05. The Labute approximate surface area is 237 Å². The number of aliphatic carboxylic acids is 1. The van der Waals surface area contributed by atoms with Crippen LogP contribution in [0.1, 0.15) is 81.6 Å². The van der Waals surface area contributed by atoms with E-state index in [4.69, 9.17) is 5.73 Å². The SMILES string of the molecule is CC(C)C[C@H](NC(=O)[C@H](C)NC(=O)[C@H](CC(C)C)NC(=O)[C@H](C)NC(=O)[C@H](CC(C)C)NC(=O)[C@H](C)N)C(=O)O. The Morgan fingerprint density at radius 2 is 0.800 bits per heavy atom. The van der Waals surface area contributed by atoms with Gasteiger partial charge in [0.2, 0.25) is 29.5 Å². The van der Waals surface area contributed by atoms with Crippen LogP contribution in [0.15, 0.2) is 0 Å². The topological polar surface area (TPSA) is 209 Å². The van der Waals surface area contributed by atoms with Crippen molar-refractivity contribution in [3.8, 4) is 0 Å². The van der Waals surface area contributed by atoms with Crippen molar-refractivity contribution in [1.82, 2.24) is 26.6 Å². The van der Waals surface area contributed by atoms with Crippen molar-refractivity contribution in [2.75, 3.05) is 0 Å². The minimum absolute atomic E-state index is 0.00333. The summed E-state index contributed by atoms with van der Waals surface area (Å²) in [6.07, 6.45) is 0.805. The third-order valence-corrected chi connectivity index (χ3v) is 5.92. The molecule has 0 fully saturated rings. The lowest BCUT2D eigenvalue weighted by molar-refractivity contribution is -0.142. The average molecular weight is 571 g/mol. The van der Waals surface area contributed by atoms with Gasteiger partial charge in [-0.15, -0.1) is 0 Å². The summed E-state index contributed by atoms with van der Waals surface area (Å²) in [6, 6.07) is -5.92. The molecule has 0 saturated carbocycles. The van der Waals surface area contributed by atoms with Gasteiger partial charge in [0.05, 0.1) is 6.04 Å². The Kier molecular flexibility index (Phi) is 16.1. The van der Waals surface area contributed by atoms with E-state index >= 15 is 0 Å². The lowest BCUT2D eigenvalue weighted by Crippen LogP contribution is -2.58. The van der Waals surface area contributed by atoms with Gasteiger partial charge in [0.25, 0.3) is 0 Å². The van der Waals surface area contributed by atoms with Crippen molar-refractivity contribution in [3.05, 3.63) is 0 Å². The summed E-state index contributed by atoms with van der Waals surface area (Å²) < 4.78 is 0. The quantitative estimate of drug-likeness (QED) is 0.126. The van der Waals surface area contributed by atoms with Crippen molar-refractivity contribution in [2.24, 2.45) is 23.5 Å². The molecule has 13 nitrogen and oxygen atoms in total. The van der Waals surface area contributed by atoms with Crippen LogP contribution >= 0.6 is 0 Å². The molecule has 0 rings (SSSR count). The van der Waals surface area contributed by atoms with Crippen LogP contribution in [0.5, 0.6) is 0 Å². The zero-order chi connectivity index (χ0) is 31.3. The minimum atomic E-state index is -1.17. The van der Waals surface area contributed by atoms with Gasteiger partial charge in [-0.1, -0.05) is 41.5 Å². The standard InChI is InChI=1S/C27H50N6O7/c1-13(2)10-19(31-22(34)16(7)28)25(37)29-17(8)23(35)32-20(11-14(3)4)26(38)30-18(9)24(36)33-21(27(39)40)12-15(5)6/h13-21H,10-12,28H2,1-9H3,(H,29,37)(H,30,38)(H,31,34)(H,32,35)(H,33,36)(H,39,40)/t16-,17-,18-,19-,20-,21-/m0/s1. The van der Waals surface area contributed by atoms with Gasteiger partial charge in [-0.3, -0.25) is 24.0 Å². The molecule has 0 aliphatic carbocycles. The second-order valence-electron chi connectivity index (χ2n) is 11.7. The van der Waals surface area contributed by atoms with Gasteiger partial charge in [0, 0.05) is 0 Å². The molecule has 6 atom stereocenters. The van der Waals surface area contributed by atoms with E-state index in [-0.39, 0.29) is 30.6 Å². The molecule has 0 aliphatic rings. The van der Waals surface area contributed by atoms with E-state index in [2.05, 4.69) is 26.6 Å². The fourth-order valence-corrected chi connectivity index (χ4v) is 3.75. The molecule has 5 amide bonds. The molecular weight excluding hydrogens is 520 g/mol. The number of hydrogen-bond donors (Lipinski definition) is 7. The zero-order valence-corrected chi connectivity index (χ0v) is 25.3. The van der Waals surface area contributed by atoms with Crippen LogP contribution in [0.4, 0.5) is 0 Å². The summed E-state index contributed by atoms with van der Waals surface area (Å²) in [7, 11) is 0. The fraction of sp³-hybridized carbons (Fsp3) is 0.778. The normalized spacial score (nSPS) is 15.8. The second-order valence-corrected chi connectivity index (χ2v) is 11.7. The molecule has 0 unspecified atom stereocenters. The van der Waals surface area contributed by atoms with Gasteiger partial charge in [-0.25, -0.2) is 4.79 Å². The number of nitrogens with two attached hydrogens (primary N) is 1. The maximum Gasteiger partial charge on any atom is 0.326 e. The van der Waals surface area contributed by atoms with Gasteiger partial charge in [0.15, 0.2) is 0 Å². The highest BCUT2D eigenvalue weighted by atomic mass is 16.4. The number of nitrogens with one attached hydrogen (secondary N) is 5. The van der Waals surface area contributed by atoms with E-state index in [9.17, 15) is 33.9 Å². The smallest absolute Gasteiger partial charge is 0.326 e. The van der Waals surface area contributed by atoms with E-state index in [1.165, 1.54) is 20.8 Å². The molecule has 0 aromatic rings. The Hall–Kier alpha value is -3.22. The average Bonchev–Trinajstić information content (AvgIpc) is 2.81. The molecule has 0 aromatic carbocycles. The van der Waals surface area contributed by atoms with Crippen LogP contribution < -0.4 is 32.3 Å². The Morgan fingerprint density at radius 3 is 1.10 bits per heavy atom. The summed E-state index contributed by atoms with van der Waals surface area (Å²) in [6.45, 7) is 15.5. The molecule has 230 valence electrons. The molecule has 0 bridgehead atoms. The van der Waals surface area contributed by atoms with Gasteiger partial charge in [0.1, 0.15) is 30.2 Å². The fourth-order valence-electron chi connectivity index (χ4n) is 3.75. The summed E-state index contributed by atoms with van der Waals surface area (Å²) in [5, 5.41) is 22.1. The van der Waals surface area contributed by atoms with Crippen molar-refractivity contribution in [1.29, 1.82) is 0 Å². The highest BCUT2D eigenvalue weighted by Crippen LogP contribution is 2.09. The monoisotopic (exact) mass is 570 g/mol. The Balaban J connectivity index is 5.38. The van der Waals surface area contributed by atoms with E-state index < -0.39 is 71.8 Å². The minimum Gasteiger partial charge on any atom is -0.480 e. The van der Waals surface area contributed by atoms with Crippen LogP contribution in [0.3, 0.4) is 0 Å². The Morgan fingerprint density at radius 1 is 0.500 bits per heavy atom. The van der Waals surface area contributed by atoms with Crippen LogP contribution in [0.25, 0.3) is 0 Å². The van der Waals surface area contributed by atoms with Crippen molar-refractivity contribution in [2.45, 2.75) is 118 Å². The number of carbonyl (C=O) groups is 6. The first-order chi connectivity index (χ1) is 18.3. The van der Waals surface area contributed by atoms with E-state index in [0.29, 0.717) is 6.42 Å². The lowest BCUT2D eigenvalue weighted by atomic mass is 10.0. The predicted molar refractivity (Wildman–Crippen MR) is 151 cm³/mol. The highest BCUT2D eigenvalue weighted by molar-refractivity contribution is 5.96.